The van der Waals surface area contributed by atoms with Crippen LogP contribution in [0.2, 0.25) is 0 Å². The minimum Gasteiger partial charge on any atom is -0.508 e. The van der Waals surface area contributed by atoms with Crippen LogP contribution in [0.3, 0.4) is 0 Å². The predicted octanol–water partition coefficient (Wildman–Crippen LogP) is 3.93. The van der Waals surface area contributed by atoms with Gasteiger partial charge in [0.15, 0.2) is 0 Å². The Morgan fingerprint density at radius 1 is 1.20 bits per heavy atom. The minimum atomic E-state index is -0.0872. The van der Waals surface area contributed by atoms with Gasteiger partial charge in [-0.25, -0.2) is 0 Å². The molecule has 0 aromatic heterocycles. The first-order valence-corrected chi connectivity index (χ1v) is 7.97. The van der Waals surface area contributed by atoms with Crippen molar-refractivity contribution in [3.05, 3.63) is 58.6 Å². The first kappa shape index (κ1) is 13.5. The van der Waals surface area contributed by atoms with Crippen LogP contribution in [-0.4, -0.2) is 16.8 Å². The molecule has 0 bridgehead atoms. The molecule has 1 amide bonds. The lowest BCUT2D eigenvalue weighted by Gasteiger charge is -2.24. The number of hydrogen-bond acceptors (Lipinski definition) is 3. The summed E-state index contributed by atoms with van der Waals surface area (Å²) in [6.45, 7) is 0. The van der Waals surface area contributed by atoms with Gasteiger partial charge in [0.1, 0.15) is 11.1 Å². The van der Waals surface area contributed by atoms with Crippen molar-refractivity contribution in [1.29, 1.82) is 0 Å². The summed E-state index contributed by atoms with van der Waals surface area (Å²) in [5.74, 6) is 0.764. The highest BCUT2D eigenvalue weighted by atomic mass is 79.9. The van der Waals surface area contributed by atoms with Crippen LogP contribution in [0.4, 0.5) is 5.69 Å². The molecule has 1 aliphatic rings. The molecule has 0 radical (unpaired) electrons. The van der Waals surface area contributed by atoms with Crippen LogP contribution in [0, 0.1) is 0 Å². The molecule has 1 N–H and O–H groups in total. The summed E-state index contributed by atoms with van der Waals surface area (Å²) in [4.78, 5) is 13.9. The fraction of sp³-hybridized carbons (Fsp3) is 0.133. The topological polar surface area (TPSA) is 40.5 Å². The fourth-order valence-electron chi connectivity index (χ4n) is 2.23. The van der Waals surface area contributed by atoms with Gasteiger partial charge in [-0.3, -0.25) is 9.69 Å². The number of amides is 1. The summed E-state index contributed by atoms with van der Waals surface area (Å²) in [6, 6.07) is 14.8. The van der Waals surface area contributed by atoms with Crippen LogP contribution < -0.4 is 4.90 Å². The number of phenols is 1. The first-order chi connectivity index (χ1) is 9.65. The van der Waals surface area contributed by atoms with Gasteiger partial charge >= 0.3 is 0 Å². The molecule has 20 heavy (non-hydrogen) atoms. The Bertz CT molecular complexity index is 645. The molecule has 1 atom stereocenters. The van der Waals surface area contributed by atoms with Gasteiger partial charge in [0.2, 0.25) is 5.91 Å². The van der Waals surface area contributed by atoms with E-state index in [1.165, 1.54) is 0 Å². The van der Waals surface area contributed by atoms with Crippen molar-refractivity contribution in [2.75, 3.05) is 10.7 Å². The van der Waals surface area contributed by atoms with E-state index in [4.69, 9.17) is 0 Å². The number of rotatable bonds is 2. The highest BCUT2D eigenvalue weighted by Gasteiger charge is 2.34. The highest BCUT2D eigenvalue weighted by molar-refractivity contribution is 9.10. The molecule has 1 aliphatic heterocycles. The van der Waals surface area contributed by atoms with Gasteiger partial charge in [-0.2, -0.15) is 0 Å². The molecule has 3 rings (SSSR count). The first-order valence-electron chi connectivity index (χ1n) is 6.13. The van der Waals surface area contributed by atoms with Crippen molar-refractivity contribution >= 4 is 39.3 Å². The van der Waals surface area contributed by atoms with Crippen molar-refractivity contribution in [1.82, 2.24) is 0 Å². The molecule has 2 aromatic carbocycles. The van der Waals surface area contributed by atoms with E-state index < -0.39 is 0 Å². The van der Waals surface area contributed by atoms with Gasteiger partial charge in [-0.1, -0.05) is 28.1 Å². The zero-order valence-electron chi connectivity index (χ0n) is 10.5. The Balaban J connectivity index is 1.98. The largest absolute Gasteiger partial charge is 0.508 e. The van der Waals surface area contributed by atoms with E-state index in [0.717, 1.165) is 15.7 Å². The summed E-state index contributed by atoms with van der Waals surface area (Å²) >= 11 is 4.97. The molecule has 3 nitrogen and oxygen atoms in total. The van der Waals surface area contributed by atoms with E-state index in [1.807, 2.05) is 30.3 Å². The van der Waals surface area contributed by atoms with E-state index in [0.29, 0.717) is 5.75 Å². The molecular weight excluding hydrogens is 338 g/mol. The van der Waals surface area contributed by atoms with Crippen LogP contribution >= 0.6 is 27.7 Å². The highest BCUT2D eigenvalue weighted by Crippen LogP contribution is 2.42. The monoisotopic (exact) mass is 349 g/mol. The van der Waals surface area contributed by atoms with Crippen molar-refractivity contribution in [2.45, 2.75) is 5.37 Å². The maximum absolute atomic E-state index is 12.2. The summed E-state index contributed by atoms with van der Waals surface area (Å²) < 4.78 is 0.981. The number of carbonyl (C=O) groups is 1. The number of phenolic OH excluding ortho intramolecular Hbond substituents is 1. The average molecular weight is 350 g/mol. The Hall–Kier alpha value is -1.46. The predicted molar refractivity (Wildman–Crippen MR) is 84.9 cm³/mol. The van der Waals surface area contributed by atoms with Crippen molar-refractivity contribution in [3.8, 4) is 5.75 Å². The molecule has 1 saturated heterocycles. The number of anilines is 1. The number of aromatic hydroxyl groups is 1. The van der Waals surface area contributed by atoms with Crippen LogP contribution in [0.1, 0.15) is 10.9 Å². The zero-order chi connectivity index (χ0) is 14.1. The second kappa shape index (κ2) is 5.50. The molecule has 1 fully saturated rings. The molecule has 1 heterocycles. The number of hydrogen-bond donors (Lipinski definition) is 1. The molecule has 102 valence electrons. The van der Waals surface area contributed by atoms with Crippen LogP contribution in [0.15, 0.2) is 53.0 Å². The second-order valence-corrected chi connectivity index (χ2v) is 6.48. The average Bonchev–Trinajstić information content (AvgIpc) is 2.82. The summed E-state index contributed by atoms with van der Waals surface area (Å²) in [5, 5.41) is 9.53. The molecule has 5 heteroatoms. The summed E-state index contributed by atoms with van der Waals surface area (Å²) in [7, 11) is 0. The van der Waals surface area contributed by atoms with Crippen molar-refractivity contribution in [3.63, 3.8) is 0 Å². The van der Waals surface area contributed by atoms with Crippen molar-refractivity contribution < 1.29 is 9.90 Å². The van der Waals surface area contributed by atoms with Gasteiger partial charge in [0.05, 0.1) is 5.75 Å². The summed E-state index contributed by atoms with van der Waals surface area (Å²) in [5.41, 5.74) is 1.81. The Kier molecular flexibility index (Phi) is 3.72. The molecule has 0 aliphatic carbocycles. The van der Waals surface area contributed by atoms with E-state index in [2.05, 4.69) is 15.9 Å². The van der Waals surface area contributed by atoms with E-state index >= 15 is 0 Å². The number of halogens is 1. The lowest BCUT2D eigenvalue weighted by Crippen LogP contribution is -2.27. The molecule has 1 unspecified atom stereocenters. The van der Waals surface area contributed by atoms with Crippen LogP contribution in [0.5, 0.6) is 5.75 Å². The van der Waals surface area contributed by atoms with Crippen LogP contribution in [-0.2, 0) is 4.79 Å². The van der Waals surface area contributed by atoms with Gasteiger partial charge in [0, 0.05) is 10.2 Å². The molecule has 0 saturated carbocycles. The van der Waals surface area contributed by atoms with Gasteiger partial charge in [-0.05, 0) is 42.0 Å². The fourth-order valence-corrected chi connectivity index (χ4v) is 3.66. The normalized spacial score (nSPS) is 18.6. The third kappa shape index (κ3) is 2.55. The smallest absolute Gasteiger partial charge is 0.238 e. The lowest BCUT2D eigenvalue weighted by atomic mass is 10.2. The second-order valence-electron chi connectivity index (χ2n) is 4.50. The standard InChI is InChI=1S/C15H12BrNO2S/c16-11-4-6-12(7-5-11)17-14(19)9-20-15(17)10-2-1-3-13(18)8-10/h1-8,15,18H,9H2. The maximum Gasteiger partial charge on any atom is 0.238 e. The van der Waals surface area contributed by atoms with Gasteiger partial charge < -0.3 is 5.11 Å². The quantitative estimate of drug-likeness (QED) is 0.892. The van der Waals surface area contributed by atoms with Crippen molar-refractivity contribution in [2.24, 2.45) is 0 Å². The molecular formula is C15H12BrNO2S. The lowest BCUT2D eigenvalue weighted by molar-refractivity contribution is -0.115. The number of nitrogens with zero attached hydrogens (tertiary/aromatic N) is 1. The molecule has 0 spiro atoms. The third-order valence-electron chi connectivity index (χ3n) is 3.13. The van der Waals surface area contributed by atoms with E-state index in [1.54, 1.807) is 34.9 Å². The number of thioether (sulfide) groups is 1. The SMILES string of the molecule is O=C1CSC(c2cccc(O)c2)N1c1ccc(Br)cc1. The summed E-state index contributed by atoms with van der Waals surface area (Å²) in [6.07, 6.45) is 0. The van der Waals surface area contributed by atoms with E-state index in [-0.39, 0.29) is 17.0 Å². The third-order valence-corrected chi connectivity index (χ3v) is 4.87. The van der Waals surface area contributed by atoms with Crippen LogP contribution in [0.25, 0.3) is 0 Å². The molecule has 2 aromatic rings. The van der Waals surface area contributed by atoms with Gasteiger partial charge in [0.25, 0.3) is 0 Å². The van der Waals surface area contributed by atoms with E-state index in [9.17, 15) is 9.90 Å². The Morgan fingerprint density at radius 3 is 2.65 bits per heavy atom. The minimum absolute atomic E-state index is 0.0872. The zero-order valence-corrected chi connectivity index (χ0v) is 12.9. The van der Waals surface area contributed by atoms with Gasteiger partial charge in [-0.15, -0.1) is 11.8 Å². The number of carbonyl (C=O) groups excluding carboxylic acids is 1. The Labute approximate surface area is 129 Å². The number of benzene rings is 2. The maximum atomic E-state index is 12.2. The Morgan fingerprint density at radius 2 is 1.95 bits per heavy atom.